The fraction of sp³-hybridized carbons (Fsp3) is 1.00. The monoisotopic (exact) mass is 235 g/mol. The Bertz CT molecular complexity index is 298. The average molecular weight is 235 g/mol. The van der Waals surface area contributed by atoms with Crippen molar-refractivity contribution in [3.63, 3.8) is 0 Å². The Kier molecular flexibility index (Phi) is 4.14. The molecule has 1 rings (SSSR count). The zero-order chi connectivity index (χ0) is 11.5. The lowest BCUT2D eigenvalue weighted by molar-refractivity contribution is -0.0625. The molecule has 1 atom stereocenters. The normalized spacial score (nSPS) is 26.5. The SMILES string of the molecule is CC1(C)CC(NCCS(C)(=O)=O)CCO1. The lowest BCUT2D eigenvalue weighted by Gasteiger charge is -2.35. The first-order valence-electron chi connectivity index (χ1n) is 5.34. The smallest absolute Gasteiger partial charge is 0.148 e. The highest BCUT2D eigenvalue weighted by Gasteiger charge is 2.28. The van der Waals surface area contributed by atoms with Gasteiger partial charge in [-0.1, -0.05) is 0 Å². The molecule has 0 aromatic rings. The maximum Gasteiger partial charge on any atom is 0.148 e. The van der Waals surface area contributed by atoms with Crippen LogP contribution >= 0.6 is 0 Å². The Morgan fingerprint density at radius 1 is 1.47 bits per heavy atom. The highest BCUT2D eigenvalue weighted by atomic mass is 32.2. The van der Waals surface area contributed by atoms with Crippen LogP contribution in [0.3, 0.4) is 0 Å². The summed E-state index contributed by atoms with van der Waals surface area (Å²) in [4.78, 5) is 0. The molecule has 0 bridgehead atoms. The minimum Gasteiger partial charge on any atom is -0.375 e. The van der Waals surface area contributed by atoms with E-state index >= 15 is 0 Å². The molecule has 0 aliphatic carbocycles. The molecule has 4 nitrogen and oxygen atoms in total. The van der Waals surface area contributed by atoms with E-state index in [9.17, 15) is 8.42 Å². The minimum atomic E-state index is -2.85. The molecule has 1 aliphatic rings. The van der Waals surface area contributed by atoms with Gasteiger partial charge in [-0.2, -0.15) is 0 Å². The van der Waals surface area contributed by atoms with Crippen LogP contribution in [0.5, 0.6) is 0 Å². The van der Waals surface area contributed by atoms with Gasteiger partial charge >= 0.3 is 0 Å². The maximum absolute atomic E-state index is 10.9. The third-order valence-electron chi connectivity index (χ3n) is 2.60. The van der Waals surface area contributed by atoms with Gasteiger partial charge in [0.05, 0.1) is 11.4 Å². The van der Waals surface area contributed by atoms with Crippen molar-refractivity contribution < 1.29 is 13.2 Å². The van der Waals surface area contributed by atoms with E-state index in [1.54, 1.807) is 0 Å². The molecule has 0 saturated carbocycles. The standard InChI is InChI=1S/C10H21NO3S/c1-10(2)8-9(4-6-14-10)11-5-7-15(3,12)13/h9,11H,4-8H2,1-3H3. The Hall–Kier alpha value is -0.130. The molecular weight excluding hydrogens is 214 g/mol. The van der Waals surface area contributed by atoms with E-state index in [1.165, 1.54) is 6.26 Å². The molecule has 5 heteroatoms. The van der Waals surface area contributed by atoms with E-state index in [0.717, 1.165) is 19.4 Å². The predicted octanol–water partition coefficient (Wildman–Crippen LogP) is 0.578. The first-order chi connectivity index (χ1) is 6.79. The quantitative estimate of drug-likeness (QED) is 0.774. The molecule has 0 aromatic carbocycles. The van der Waals surface area contributed by atoms with Crippen LogP contribution in [-0.2, 0) is 14.6 Å². The topological polar surface area (TPSA) is 55.4 Å². The summed E-state index contributed by atoms with van der Waals surface area (Å²) in [6, 6.07) is 0.385. The van der Waals surface area contributed by atoms with Gasteiger partial charge in [-0.25, -0.2) is 8.42 Å². The van der Waals surface area contributed by atoms with E-state index < -0.39 is 9.84 Å². The second-order valence-electron chi connectivity index (χ2n) is 4.88. The molecule has 1 fully saturated rings. The molecule has 0 spiro atoms. The molecule has 0 radical (unpaired) electrons. The van der Waals surface area contributed by atoms with Crippen molar-refractivity contribution in [3.8, 4) is 0 Å². The number of rotatable bonds is 4. The van der Waals surface area contributed by atoms with Crippen molar-refractivity contribution in [3.05, 3.63) is 0 Å². The first-order valence-corrected chi connectivity index (χ1v) is 7.40. The van der Waals surface area contributed by atoms with Crippen LogP contribution in [0, 0.1) is 0 Å². The highest BCUT2D eigenvalue weighted by Crippen LogP contribution is 2.23. The fourth-order valence-electron chi connectivity index (χ4n) is 1.85. The summed E-state index contributed by atoms with van der Waals surface area (Å²) in [5, 5.41) is 3.27. The molecule has 1 unspecified atom stereocenters. The van der Waals surface area contributed by atoms with Crippen LogP contribution in [0.4, 0.5) is 0 Å². The Morgan fingerprint density at radius 3 is 2.67 bits per heavy atom. The van der Waals surface area contributed by atoms with Crippen LogP contribution in [0.2, 0.25) is 0 Å². The molecule has 1 saturated heterocycles. The van der Waals surface area contributed by atoms with Crippen molar-refractivity contribution in [1.82, 2.24) is 5.32 Å². The Morgan fingerprint density at radius 2 is 2.13 bits per heavy atom. The number of ether oxygens (including phenoxy) is 1. The van der Waals surface area contributed by atoms with Crippen molar-refractivity contribution in [2.45, 2.75) is 38.3 Å². The van der Waals surface area contributed by atoms with Crippen LogP contribution in [0.25, 0.3) is 0 Å². The lowest BCUT2D eigenvalue weighted by atomic mass is 9.94. The van der Waals surface area contributed by atoms with Crippen molar-refractivity contribution in [1.29, 1.82) is 0 Å². The van der Waals surface area contributed by atoms with E-state index in [2.05, 4.69) is 19.2 Å². The summed E-state index contributed by atoms with van der Waals surface area (Å²) < 4.78 is 27.5. The zero-order valence-corrected chi connectivity index (χ0v) is 10.6. The van der Waals surface area contributed by atoms with Crippen molar-refractivity contribution >= 4 is 9.84 Å². The van der Waals surface area contributed by atoms with Gasteiger partial charge in [0, 0.05) is 25.4 Å². The maximum atomic E-state index is 10.9. The zero-order valence-electron chi connectivity index (χ0n) is 9.75. The molecular formula is C10H21NO3S. The van der Waals surface area contributed by atoms with Crippen LogP contribution in [0.15, 0.2) is 0 Å². The predicted molar refractivity (Wildman–Crippen MR) is 60.8 cm³/mol. The van der Waals surface area contributed by atoms with Crippen LogP contribution < -0.4 is 5.32 Å². The average Bonchev–Trinajstić information content (AvgIpc) is 1.99. The molecule has 1 heterocycles. The lowest BCUT2D eigenvalue weighted by Crippen LogP contribution is -2.44. The van der Waals surface area contributed by atoms with E-state index in [1.807, 2.05) is 0 Å². The van der Waals surface area contributed by atoms with Gasteiger partial charge in [-0.15, -0.1) is 0 Å². The summed E-state index contributed by atoms with van der Waals surface area (Å²) in [7, 11) is -2.85. The number of sulfone groups is 1. The van der Waals surface area contributed by atoms with Gasteiger partial charge in [0.25, 0.3) is 0 Å². The largest absolute Gasteiger partial charge is 0.375 e. The van der Waals surface area contributed by atoms with E-state index in [-0.39, 0.29) is 11.4 Å². The van der Waals surface area contributed by atoms with E-state index in [0.29, 0.717) is 12.6 Å². The highest BCUT2D eigenvalue weighted by molar-refractivity contribution is 7.90. The van der Waals surface area contributed by atoms with E-state index in [4.69, 9.17) is 4.74 Å². The van der Waals surface area contributed by atoms with Gasteiger partial charge in [-0.05, 0) is 26.7 Å². The molecule has 0 aromatic heterocycles. The number of hydrogen-bond acceptors (Lipinski definition) is 4. The van der Waals surface area contributed by atoms with Gasteiger partial charge in [0.15, 0.2) is 0 Å². The third-order valence-corrected chi connectivity index (χ3v) is 3.55. The summed E-state index contributed by atoms with van der Waals surface area (Å²) in [5.41, 5.74) is -0.0823. The first kappa shape index (κ1) is 12.9. The molecule has 90 valence electrons. The Balaban J connectivity index is 2.28. The fourth-order valence-corrected chi connectivity index (χ4v) is 2.34. The van der Waals surface area contributed by atoms with Crippen molar-refractivity contribution in [2.75, 3.05) is 25.2 Å². The second-order valence-corrected chi connectivity index (χ2v) is 7.14. The van der Waals surface area contributed by atoms with Crippen LogP contribution in [0.1, 0.15) is 26.7 Å². The van der Waals surface area contributed by atoms with Gasteiger partial charge in [-0.3, -0.25) is 0 Å². The Labute approximate surface area is 92.3 Å². The number of hydrogen-bond donors (Lipinski definition) is 1. The van der Waals surface area contributed by atoms with Crippen molar-refractivity contribution in [2.24, 2.45) is 0 Å². The van der Waals surface area contributed by atoms with Gasteiger partial charge < -0.3 is 10.1 Å². The second kappa shape index (κ2) is 4.80. The third kappa shape index (κ3) is 5.49. The van der Waals surface area contributed by atoms with Gasteiger partial charge in [0.2, 0.25) is 0 Å². The number of nitrogens with one attached hydrogen (secondary N) is 1. The summed E-state index contributed by atoms with van der Waals surface area (Å²) in [6.07, 6.45) is 3.17. The van der Waals surface area contributed by atoms with Crippen LogP contribution in [-0.4, -0.2) is 45.2 Å². The minimum absolute atomic E-state index is 0.0823. The summed E-state index contributed by atoms with van der Waals surface area (Å²) in [5.74, 6) is 0.213. The van der Waals surface area contributed by atoms with Gasteiger partial charge in [0.1, 0.15) is 9.84 Å². The summed E-state index contributed by atoms with van der Waals surface area (Å²) >= 11 is 0. The molecule has 15 heavy (non-hydrogen) atoms. The molecule has 1 aliphatic heterocycles. The summed E-state index contributed by atoms with van der Waals surface area (Å²) in [6.45, 7) is 5.43. The molecule has 1 N–H and O–H groups in total. The molecule has 0 amide bonds.